The molecule has 0 aliphatic carbocycles. The molecule has 1 heterocycles. The summed E-state index contributed by atoms with van der Waals surface area (Å²) in [6.45, 7) is 1.92. The first-order valence-corrected chi connectivity index (χ1v) is 10.4. The molecule has 31 heavy (non-hydrogen) atoms. The van der Waals surface area contributed by atoms with Crippen LogP contribution in [-0.4, -0.2) is 62.3 Å². The van der Waals surface area contributed by atoms with E-state index < -0.39 is 6.03 Å². The number of aromatic nitrogens is 1. The Morgan fingerprint density at radius 3 is 2.65 bits per heavy atom. The summed E-state index contributed by atoms with van der Waals surface area (Å²) in [6, 6.07) is 4.55. The van der Waals surface area contributed by atoms with Gasteiger partial charge in [0, 0.05) is 40.5 Å². The third-order valence-corrected chi connectivity index (χ3v) is 5.00. The Balaban J connectivity index is 2.03. The van der Waals surface area contributed by atoms with E-state index in [1.165, 1.54) is 11.2 Å². The molecular weight excluding hydrogens is 447 g/mol. The quantitative estimate of drug-likeness (QED) is 0.454. The first kappa shape index (κ1) is 24.9. The van der Waals surface area contributed by atoms with Crippen LogP contribution in [0.25, 0.3) is 0 Å². The minimum atomic E-state index is -0.413. The number of rotatable bonds is 12. The Kier molecular flexibility index (Phi) is 10.6. The number of benzene rings is 1. The molecule has 0 aliphatic heterocycles. The van der Waals surface area contributed by atoms with Gasteiger partial charge in [-0.1, -0.05) is 29.3 Å². The van der Waals surface area contributed by atoms with E-state index in [0.29, 0.717) is 49.9 Å². The van der Waals surface area contributed by atoms with Gasteiger partial charge in [-0.3, -0.25) is 4.79 Å². The molecule has 0 fully saturated rings. The summed E-state index contributed by atoms with van der Waals surface area (Å²) in [4.78, 5) is 30.7. The van der Waals surface area contributed by atoms with Crippen LogP contribution >= 0.6 is 23.2 Å². The second-order valence-electron chi connectivity index (χ2n) is 6.53. The van der Waals surface area contributed by atoms with Crippen molar-refractivity contribution in [2.24, 2.45) is 0 Å². The van der Waals surface area contributed by atoms with Gasteiger partial charge in [-0.05, 0) is 25.0 Å². The Hall–Kier alpha value is -2.33. The molecule has 0 radical (unpaired) electrons. The first-order chi connectivity index (χ1) is 15.0. The van der Waals surface area contributed by atoms with Crippen LogP contribution in [0.5, 0.6) is 0 Å². The largest absolute Gasteiger partial charge is 0.446 e. The van der Waals surface area contributed by atoms with Crippen LogP contribution in [0.3, 0.4) is 0 Å². The lowest BCUT2D eigenvalue weighted by Crippen LogP contribution is -2.36. The molecule has 2 rings (SSSR count). The fourth-order valence-electron chi connectivity index (χ4n) is 2.61. The standard InChI is InChI=1S/C20H26Cl2N4O5/c1-29-10-4-8-23-19(27)16-13-31-17(24-16)12-26(9-5-11-30-2)20(28)25-15-7-3-6-14(21)18(15)22/h3,6-7,13H,4-5,8-12H2,1-2H3,(H,23,27)(H,25,28). The summed E-state index contributed by atoms with van der Waals surface area (Å²) in [5.74, 6) is -0.126. The molecule has 0 spiro atoms. The normalized spacial score (nSPS) is 10.7. The van der Waals surface area contributed by atoms with Crippen molar-refractivity contribution in [2.45, 2.75) is 19.4 Å². The van der Waals surface area contributed by atoms with Crippen molar-refractivity contribution in [3.8, 4) is 0 Å². The number of halogens is 2. The molecule has 1 aromatic carbocycles. The third-order valence-electron chi connectivity index (χ3n) is 4.18. The van der Waals surface area contributed by atoms with Gasteiger partial charge in [0.15, 0.2) is 5.69 Å². The lowest BCUT2D eigenvalue weighted by Gasteiger charge is -2.22. The van der Waals surface area contributed by atoms with E-state index in [9.17, 15) is 9.59 Å². The van der Waals surface area contributed by atoms with Gasteiger partial charge in [0.2, 0.25) is 5.89 Å². The lowest BCUT2D eigenvalue weighted by molar-refractivity contribution is 0.0943. The van der Waals surface area contributed by atoms with E-state index in [-0.39, 0.29) is 29.1 Å². The molecular formula is C20H26Cl2N4O5. The Morgan fingerprint density at radius 2 is 1.90 bits per heavy atom. The van der Waals surface area contributed by atoms with Gasteiger partial charge in [-0.2, -0.15) is 0 Å². The maximum Gasteiger partial charge on any atom is 0.322 e. The van der Waals surface area contributed by atoms with Crippen molar-refractivity contribution in [1.29, 1.82) is 0 Å². The molecule has 2 N–H and O–H groups in total. The molecule has 3 amide bonds. The number of hydrogen-bond donors (Lipinski definition) is 2. The van der Waals surface area contributed by atoms with Crippen LogP contribution in [0.4, 0.5) is 10.5 Å². The van der Waals surface area contributed by atoms with Gasteiger partial charge in [0.1, 0.15) is 6.26 Å². The topological polar surface area (TPSA) is 106 Å². The fraction of sp³-hybridized carbons (Fsp3) is 0.450. The SMILES string of the molecule is COCCCNC(=O)c1coc(CN(CCCOC)C(=O)Nc2cccc(Cl)c2Cl)n1. The summed E-state index contributed by atoms with van der Waals surface area (Å²) in [7, 11) is 3.18. The van der Waals surface area contributed by atoms with Crippen LogP contribution < -0.4 is 10.6 Å². The van der Waals surface area contributed by atoms with E-state index in [0.717, 1.165) is 0 Å². The highest BCUT2D eigenvalue weighted by Gasteiger charge is 2.20. The van der Waals surface area contributed by atoms with Gasteiger partial charge in [-0.25, -0.2) is 9.78 Å². The molecule has 0 saturated carbocycles. The zero-order valence-electron chi connectivity index (χ0n) is 17.5. The summed E-state index contributed by atoms with van der Waals surface area (Å²) < 4.78 is 15.4. The van der Waals surface area contributed by atoms with Crippen molar-refractivity contribution in [1.82, 2.24) is 15.2 Å². The molecule has 0 unspecified atom stereocenters. The molecule has 0 saturated heterocycles. The number of methoxy groups -OCH3 is 2. The van der Waals surface area contributed by atoms with Gasteiger partial charge in [0.05, 0.1) is 22.3 Å². The van der Waals surface area contributed by atoms with E-state index >= 15 is 0 Å². The van der Waals surface area contributed by atoms with E-state index in [1.807, 2.05) is 0 Å². The highest BCUT2D eigenvalue weighted by Crippen LogP contribution is 2.29. The molecule has 0 bridgehead atoms. The fourth-order valence-corrected chi connectivity index (χ4v) is 2.95. The molecule has 0 aliphatic rings. The molecule has 11 heteroatoms. The minimum Gasteiger partial charge on any atom is -0.446 e. The summed E-state index contributed by atoms with van der Waals surface area (Å²) in [5, 5.41) is 6.05. The number of urea groups is 1. The number of carbonyl (C=O) groups is 2. The predicted molar refractivity (Wildman–Crippen MR) is 118 cm³/mol. The van der Waals surface area contributed by atoms with Crippen molar-refractivity contribution in [3.63, 3.8) is 0 Å². The van der Waals surface area contributed by atoms with Crippen LogP contribution in [0.1, 0.15) is 29.2 Å². The maximum atomic E-state index is 12.8. The van der Waals surface area contributed by atoms with E-state index in [1.54, 1.807) is 32.4 Å². The van der Waals surface area contributed by atoms with Gasteiger partial charge >= 0.3 is 6.03 Å². The smallest absolute Gasteiger partial charge is 0.322 e. The van der Waals surface area contributed by atoms with Crippen LogP contribution in [0.2, 0.25) is 10.0 Å². The van der Waals surface area contributed by atoms with E-state index in [4.69, 9.17) is 37.1 Å². The molecule has 1 aromatic heterocycles. The highest BCUT2D eigenvalue weighted by molar-refractivity contribution is 6.43. The molecule has 2 aromatic rings. The zero-order chi connectivity index (χ0) is 22.6. The average molecular weight is 473 g/mol. The van der Waals surface area contributed by atoms with E-state index in [2.05, 4.69) is 15.6 Å². The number of ether oxygens (including phenoxy) is 2. The van der Waals surface area contributed by atoms with Gasteiger partial charge < -0.3 is 29.4 Å². The average Bonchev–Trinajstić information content (AvgIpc) is 3.22. The number of anilines is 1. The maximum absolute atomic E-state index is 12.8. The summed E-state index contributed by atoms with van der Waals surface area (Å²) in [5.41, 5.74) is 0.530. The number of carbonyl (C=O) groups excluding carboxylic acids is 2. The Labute approximate surface area is 191 Å². The number of nitrogens with one attached hydrogen (secondary N) is 2. The van der Waals surface area contributed by atoms with Gasteiger partial charge in [-0.15, -0.1) is 0 Å². The molecule has 0 atom stereocenters. The second-order valence-corrected chi connectivity index (χ2v) is 7.31. The van der Waals surface area contributed by atoms with Crippen LogP contribution in [0.15, 0.2) is 28.9 Å². The highest BCUT2D eigenvalue weighted by atomic mass is 35.5. The summed E-state index contributed by atoms with van der Waals surface area (Å²) >= 11 is 12.2. The number of amides is 3. The van der Waals surface area contributed by atoms with Crippen molar-refractivity contribution in [3.05, 3.63) is 46.1 Å². The number of hydrogen-bond acceptors (Lipinski definition) is 6. The summed E-state index contributed by atoms with van der Waals surface area (Å²) in [6.07, 6.45) is 2.55. The van der Waals surface area contributed by atoms with Crippen molar-refractivity contribution >= 4 is 40.8 Å². The zero-order valence-corrected chi connectivity index (χ0v) is 19.0. The van der Waals surface area contributed by atoms with Crippen LogP contribution in [-0.2, 0) is 16.0 Å². The Bertz CT molecular complexity index is 862. The molecule has 9 nitrogen and oxygen atoms in total. The van der Waals surface area contributed by atoms with Crippen molar-refractivity contribution < 1.29 is 23.5 Å². The van der Waals surface area contributed by atoms with Gasteiger partial charge in [0.25, 0.3) is 5.91 Å². The number of nitrogens with zero attached hydrogens (tertiary/aromatic N) is 2. The number of oxazole rings is 1. The first-order valence-electron chi connectivity index (χ1n) is 9.66. The lowest BCUT2D eigenvalue weighted by atomic mass is 10.3. The van der Waals surface area contributed by atoms with Crippen LogP contribution in [0, 0.1) is 0 Å². The molecule has 170 valence electrons. The monoisotopic (exact) mass is 472 g/mol. The Morgan fingerprint density at radius 1 is 1.16 bits per heavy atom. The predicted octanol–water partition coefficient (Wildman–Crippen LogP) is 3.82. The van der Waals surface area contributed by atoms with Crippen molar-refractivity contribution in [2.75, 3.05) is 45.8 Å². The third kappa shape index (κ3) is 8.02. The minimum absolute atomic E-state index is 0.0602. The second kappa shape index (κ2) is 13.2.